The maximum Gasteiger partial charge on any atom is 0.256 e. The molecule has 1 amide bonds. The Kier molecular flexibility index (Phi) is 5.01. The van der Waals surface area contributed by atoms with Crippen LogP contribution in [0.3, 0.4) is 0 Å². The van der Waals surface area contributed by atoms with Gasteiger partial charge in [-0.1, -0.05) is 31.2 Å². The summed E-state index contributed by atoms with van der Waals surface area (Å²) in [4.78, 5) is 18.2. The number of nitrogens with one attached hydrogen (secondary N) is 1. The molecule has 1 aromatic heterocycles. The van der Waals surface area contributed by atoms with Crippen molar-refractivity contribution in [2.45, 2.75) is 11.8 Å². The van der Waals surface area contributed by atoms with E-state index >= 15 is 0 Å². The average Bonchev–Trinajstić information content (AvgIpc) is 2.62. The SMILES string of the molecule is CCSc1ccccc1C(=O)Nc1cccc2ccc(OC)nc12. The fraction of sp³-hybridized carbons (Fsp3) is 0.158. The third-order valence-corrected chi connectivity index (χ3v) is 4.54. The van der Waals surface area contributed by atoms with Gasteiger partial charge in [-0.3, -0.25) is 4.79 Å². The maximum atomic E-state index is 12.7. The van der Waals surface area contributed by atoms with Crippen LogP contribution in [0.4, 0.5) is 5.69 Å². The Bertz CT molecular complexity index is 880. The molecule has 0 aliphatic heterocycles. The van der Waals surface area contributed by atoms with E-state index in [1.807, 2.05) is 48.5 Å². The van der Waals surface area contributed by atoms with Crippen LogP contribution in [-0.2, 0) is 0 Å². The van der Waals surface area contributed by atoms with E-state index in [0.717, 1.165) is 16.0 Å². The van der Waals surface area contributed by atoms with E-state index in [9.17, 15) is 4.79 Å². The minimum atomic E-state index is -0.135. The number of carbonyl (C=O) groups excluding carboxylic acids is 1. The molecule has 24 heavy (non-hydrogen) atoms. The second-order valence-electron chi connectivity index (χ2n) is 5.11. The summed E-state index contributed by atoms with van der Waals surface area (Å²) in [6, 6.07) is 17.1. The van der Waals surface area contributed by atoms with Gasteiger partial charge in [0.2, 0.25) is 5.88 Å². The zero-order chi connectivity index (χ0) is 16.9. The standard InChI is InChI=1S/C19H18N2O2S/c1-3-24-16-10-5-4-8-14(16)19(22)20-15-9-6-7-13-11-12-17(23-2)21-18(13)15/h4-12H,3H2,1-2H3,(H,20,22). The molecule has 0 aliphatic rings. The summed E-state index contributed by atoms with van der Waals surface area (Å²) in [5, 5.41) is 3.93. The van der Waals surface area contributed by atoms with Crippen LogP contribution in [0.2, 0.25) is 0 Å². The van der Waals surface area contributed by atoms with E-state index in [1.54, 1.807) is 24.9 Å². The number of benzene rings is 2. The van der Waals surface area contributed by atoms with Crippen molar-refractivity contribution in [3.63, 3.8) is 0 Å². The summed E-state index contributed by atoms with van der Waals surface area (Å²) >= 11 is 1.65. The number of nitrogens with zero attached hydrogens (tertiary/aromatic N) is 1. The van der Waals surface area contributed by atoms with Gasteiger partial charge in [-0.25, -0.2) is 4.98 Å². The molecule has 1 heterocycles. The highest BCUT2D eigenvalue weighted by atomic mass is 32.2. The smallest absolute Gasteiger partial charge is 0.256 e. The second-order valence-corrected chi connectivity index (χ2v) is 6.42. The predicted octanol–water partition coefficient (Wildman–Crippen LogP) is 4.61. The third-order valence-electron chi connectivity index (χ3n) is 3.58. The van der Waals surface area contributed by atoms with Crippen molar-refractivity contribution in [3.8, 4) is 5.88 Å². The van der Waals surface area contributed by atoms with Gasteiger partial charge < -0.3 is 10.1 Å². The van der Waals surface area contributed by atoms with Gasteiger partial charge in [0.25, 0.3) is 5.91 Å². The normalized spacial score (nSPS) is 10.6. The van der Waals surface area contributed by atoms with Crippen LogP contribution in [0.25, 0.3) is 10.9 Å². The highest BCUT2D eigenvalue weighted by Crippen LogP contribution is 2.27. The van der Waals surface area contributed by atoms with E-state index in [0.29, 0.717) is 22.6 Å². The number of rotatable bonds is 5. The molecule has 0 saturated carbocycles. The van der Waals surface area contributed by atoms with Crippen LogP contribution in [0.1, 0.15) is 17.3 Å². The summed E-state index contributed by atoms with van der Waals surface area (Å²) in [6.07, 6.45) is 0. The van der Waals surface area contributed by atoms with Crippen molar-refractivity contribution >= 4 is 34.3 Å². The largest absolute Gasteiger partial charge is 0.481 e. The fourth-order valence-electron chi connectivity index (χ4n) is 2.47. The molecule has 0 spiro atoms. The van der Waals surface area contributed by atoms with E-state index < -0.39 is 0 Å². The number of amides is 1. The number of anilines is 1. The fourth-order valence-corrected chi connectivity index (χ4v) is 3.27. The van der Waals surface area contributed by atoms with E-state index in [1.165, 1.54) is 0 Å². The van der Waals surface area contributed by atoms with Crippen molar-refractivity contribution in [3.05, 3.63) is 60.2 Å². The lowest BCUT2D eigenvalue weighted by atomic mass is 10.1. The number of ether oxygens (including phenoxy) is 1. The topological polar surface area (TPSA) is 51.2 Å². The van der Waals surface area contributed by atoms with Crippen molar-refractivity contribution in [1.82, 2.24) is 4.98 Å². The van der Waals surface area contributed by atoms with Crippen LogP contribution in [0, 0.1) is 0 Å². The second kappa shape index (κ2) is 7.36. The molecule has 0 radical (unpaired) electrons. The van der Waals surface area contributed by atoms with Gasteiger partial charge in [0.1, 0.15) is 0 Å². The predicted molar refractivity (Wildman–Crippen MR) is 99.1 cm³/mol. The van der Waals surface area contributed by atoms with E-state index in [2.05, 4.69) is 17.2 Å². The van der Waals surface area contributed by atoms with Crippen LogP contribution in [0.5, 0.6) is 5.88 Å². The lowest BCUT2D eigenvalue weighted by molar-refractivity contribution is 0.102. The molecular formula is C19H18N2O2S. The zero-order valence-corrected chi connectivity index (χ0v) is 14.4. The average molecular weight is 338 g/mol. The molecule has 5 heteroatoms. The molecule has 3 rings (SSSR count). The Morgan fingerprint density at radius 1 is 1.12 bits per heavy atom. The number of fused-ring (bicyclic) bond motifs is 1. The molecule has 0 fully saturated rings. The molecule has 0 bridgehead atoms. The van der Waals surface area contributed by atoms with Gasteiger partial charge in [-0.15, -0.1) is 11.8 Å². The minimum Gasteiger partial charge on any atom is -0.481 e. The van der Waals surface area contributed by atoms with Gasteiger partial charge >= 0.3 is 0 Å². The summed E-state index contributed by atoms with van der Waals surface area (Å²) in [5.74, 6) is 1.30. The number of carbonyl (C=O) groups is 1. The minimum absolute atomic E-state index is 0.135. The highest BCUT2D eigenvalue weighted by Gasteiger charge is 2.13. The Hall–Kier alpha value is -2.53. The molecule has 122 valence electrons. The molecule has 3 aromatic rings. The number of hydrogen-bond donors (Lipinski definition) is 1. The monoisotopic (exact) mass is 338 g/mol. The molecule has 0 atom stereocenters. The van der Waals surface area contributed by atoms with Crippen molar-refractivity contribution in [1.29, 1.82) is 0 Å². The number of methoxy groups -OCH3 is 1. The van der Waals surface area contributed by atoms with Gasteiger partial charge in [0.05, 0.1) is 23.9 Å². The first-order valence-corrected chi connectivity index (χ1v) is 8.68. The zero-order valence-electron chi connectivity index (χ0n) is 13.6. The van der Waals surface area contributed by atoms with E-state index in [4.69, 9.17) is 4.74 Å². The first kappa shape index (κ1) is 16.3. The van der Waals surface area contributed by atoms with Crippen LogP contribution < -0.4 is 10.1 Å². The summed E-state index contributed by atoms with van der Waals surface area (Å²) in [6.45, 7) is 2.07. The maximum absolute atomic E-state index is 12.7. The third kappa shape index (κ3) is 3.36. The van der Waals surface area contributed by atoms with Crippen molar-refractivity contribution in [2.24, 2.45) is 0 Å². The summed E-state index contributed by atoms with van der Waals surface area (Å²) < 4.78 is 5.19. The van der Waals surface area contributed by atoms with Gasteiger partial charge in [-0.2, -0.15) is 0 Å². The van der Waals surface area contributed by atoms with Gasteiger partial charge in [0.15, 0.2) is 0 Å². The lowest BCUT2D eigenvalue weighted by Crippen LogP contribution is -2.13. The molecule has 0 aliphatic carbocycles. The van der Waals surface area contributed by atoms with E-state index in [-0.39, 0.29) is 5.91 Å². The van der Waals surface area contributed by atoms with Gasteiger partial charge in [-0.05, 0) is 30.0 Å². The number of hydrogen-bond acceptors (Lipinski definition) is 4. The Balaban J connectivity index is 1.96. The summed E-state index contributed by atoms with van der Waals surface area (Å²) in [7, 11) is 1.58. The lowest BCUT2D eigenvalue weighted by Gasteiger charge is -2.11. The molecule has 1 N–H and O–H groups in total. The summed E-state index contributed by atoms with van der Waals surface area (Å²) in [5.41, 5.74) is 2.06. The highest BCUT2D eigenvalue weighted by molar-refractivity contribution is 7.99. The molecule has 4 nitrogen and oxygen atoms in total. The number of thioether (sulfide) groups is 1. The first-order chi connectivity index (χ1) is 11.7. The van der Waals surface area contributed by atoms with Crippen LogP contribution in [-0.4, -0.2) is 23.8 Å². The van der Waals surface area contributed by atoms with Crippen LogP contribution >= 0.6 is 11.8 Å². The Labute approximate surface area is 145 Å². The van der Waals surface area contributed by atoms with Gasteiger partial charge in [0, 0.05) is 16.3 Å². The number of para-hydroxylation sites is 1. The van der Waals surface area contributed by atoms with Crippen LogP contribution in [0.15, 0.2) is 59.5 Å². The molecule has 0 saturated heterocycles. The molecular weight excluding hydrogens is 320 g/mol. The number of pyridine rings is 1. The van der Waals surface area contributed by atoms with Crippen molar-refractivity contribution < 1.29 is 9.53 Å². The van der Waals surface area contributed by atoms with Crippen molar-refractivity contribution in [2.75, 3.05) is 18.2 Å². The molecule has 0 unspecified atom stereocenters. The quantitative estimate of drug-likeness (QED) is 0.690. The number of aromatic nitrogens is 1. The Morgan fingerprint density at radius 3 is 2.75 bits per heavy atom. The molecule has 2 aromatic carbocycles. The Morgan fingerprint density at radius 2 is 1.96 bits per heavy atom. The first-order valence-electron chi connectivity index (χ1n) is 7.70.